The lowest BCUT2D eigenvalue weighted by molar-refractivity contribution is -0.147. The van der Waals surface area contributed by atoms with Gasteiger partial charge < -0.3 is 10.1 Å². The van der Waals surface area contributed by atoms with E-state index >= 15 is 0 Å². The molecule has 0 aliphatic heterocycles. The summed E-state index contributed by atoms with van der Waals surface area (Å²) in [4.78, 5) is 31.1. The van der Waals surface area contributed by atoms with Crippen molar-refractivity contribution in [2.75, 3.05) is 11.9 Å². The summed E-state index contributed by atoms with van der Waals surface area (Å²) in [6, 6.07) is 2.75. The highest BCUT2D eigenvalue weighted by Gasteiger charge is 2.37. The fourth-order valence-corrected chi connectivity index (χ4v) is 2.91. The van der Waals surface area contributed by atoms with E-state index in [1.165, 1.54) is 6.92 Å². The third-order valence-corrected chi connectivity index (χ3v) is 4.45. The standard InChI is InChI=1S/C19H16F5N5O3/c1-9-12(10(2)29-18(25-9)27-17(28-29)19(22,23)24)4-6-16(31)32-8-15(30)26-11-3-5-13(20)14(21)7-11/h3,5,7H,4,6,8H2,1-2H3,(H,26,30). The van der Waals surface area contributed by atoms with Gasteiger partial charge in [0.1, 0.15) is 0 Å². The van der Waals surface area contributed by atoms with E-state index in [-0.39, 0.29) is 24.3 Å². The Bertz CT molecular complexity index is 1190. The number of alkyl halides is 3. The largest absolute Gasteiger partial charge is 0.456 e. The molecule has 1 amide bonds. The molecule has 2 aromatic heterocycles. The van der Waals surface area contributed by atoms with E-state index in [4.69, 9.17) is 4.74 Å². The van der Waals surface area contributed by atoms with Gasteiger partial charge in [-0.05, 0) is 38.0 Å². The Morgan fingerprint density at radius 3 is 2.50 bits per heavy atom. The van der Waals surface area contributed by atoms with Gasteiger partial charge in [-0.1, -0.05) is 0 Å². The smallest absolute Gasteiger partial charge is 0.453 e. The number of ether oxygens (including phenoxy) is 1. The van der Waals surface area contributed by atoms with Crippen LogP contribution in [0.1, 0.15) is 29.2 Å². The number of aryl methyl sites for hydroxylation is 2. The number of amides is 1. The zero-order valence-electron chi connectivity index (χ0n) is 16.8. The minimum Gasteiger partial charge on any atom is -0.456 e. The Kier molecular flexibility index (Phi) is 6.37. The number of esters is 1. The maximum absolute atomic E-state index is 13.1. The molecule has 13 heteroatoms. The maximum atomic E-state index is 13.1. The highest BCUT2D eigenvalue weighted by molar-refractivity contribution is 5.92. The predicted molar refractivity (Wildman–Crippen MR) is 99.5 cm³/mol. The van der Waals surface area contributed by atoms with Crippen molar-refractivity contribution >= 4 is 23.3 Å². The lowest BCUT2D eigenvalue weighted by Crippen LogP contribution is -2.21. The van der Waals surface area contributed by atoms with Gasteiger partial charge in [-0.15, -0.1) is 5.10 Å². The first-order valence-electron chi connectivity index (χ1n) is 9.16. The van der Waals surface area contributed by atoms with E-state index in [2.05, 4.69) is 20.4 Å². The van der Waals surface area contributed by atoms with Crippen LogP contribution in [0.3, 0.4) is 0 Å². The van der Waals surface area contributed by atoms with Crippen LogP contribution in [0.5, 0.6) is 0 Å². The van der Waals surface area contributed by atoms with Crippen molar-refractivity contribution < 1.29 is 36.3 Å². The van der Waals surface area contributed by atoms with E-state index in [1.54, 1.807) is 6.92 Å². The molecule has 0 aliphatic carbocycles. The van der Waals surface area contributed by atoms with Gasteiger partial charge in [0, 0.05) is 29.6 Å². The molecule has 0 radical (unpaired) electrons. The Hall–Kier alpha value is -3.64. The number of nitrogens with zero attached hydrogens (tertiary/aromatic N) is 4. The van der Waals surface area contributed by atoms with Gasteiger partial charge in [0.25, 0.3) is 17.5 Å². The molecule has 0 spiro atoms. The SMILES string of the molecule is Cc1nc2nc(C(F)(F)F)nn2c(C)c1CCC(=O)OCC(=O)Nc1ccc(F)c(F)c1. The molecule has 0 saturated heterocycles. The number of hydrogen-bond acceptors (Lipinski definition) is 6. The lowest BCUT2D eigenvalue weighted by atomic mass is 10.1. The van der Waals surface area contributed by atoms with Crippen LogP contribution >= 0.6 is 0 Å². The quantitative estimate of drug-likeness (QED) is 0.451. The van der Waals surface area contributed by atoms with Crippen molar-refractivity contribution in [1.82, 2.24) is 19.6 Å². The van der Waals surface area contributed by atoms with Gasteiger partial charge in [0.2, 0.25) is 0 Å². The first-order valence-corrected chi connectivity index (χ1v) is 9.16. The fraction of sp³-hybridized carbons (Fsp3) is 0.316. The zero-order valence-corrected chi connectivity index (χ0v) is 16.8. The lowest BCUT2D eigenvalue weighted by Gasteiger charge is -2.10. The predicted octanol–water partition coefficient (Wildman–Crippen LogP) is 3.15. The first kappa shape index (κ1) is 23.0. The zero-order chi connectivity index (χ0) is 23.6. The molecule has 1 aromatic carbocycles. The molecular formula is C19H16F5N5O3. The average molecular weight is 457 g/mol. The fourth-order valence-electron chi connectivity index (χ4n) is 2.91. The molecule has 0 saturated carbocycles. The summed E-state index contributed by atoms with van der Waals surface area (Å²) in [5.74, 6) is -5.27. The summed E-state index contributed by atoms with van der Waals surface area (Å²) in [6.07, 6.45) is -4.84. The molecule has 0 atom stereocenters. The van der Waals surface area contributed by atoms with Crippen LogP contribution in [-0.4, -0.2) is 38.1 Å². The number of rotatable bonds is 6. The highest BCUT2D eigenvalue weighted by atomic mass is 19.4. The summed E-state index contributed by atoms with van der Waals surface area (Å²) in [5.41, 5.74) is 1.18. The molecule has 2 heterocycles. The van der Waals surface area contributed by atoms with E-state index in [1.807, 2.05) is 0 Å². The summed E-state index contributed by atoms with van der Waals surface area (Å²) in [7, 11) is 0. The van der Waals surface area contributed by atoms with E-state index < -0.39 is 42.1 Å². The van der Waals surface area contributed by atoms with Crippen LogP contribution in [0, 0.1) is 25.5 Å². The van der Waals surface area contributed by atoms with Gasteiger partial charge >= 0.3 is 12.1 Å². The molecule has 8 nitrogen and oxygen atoms in total. The Morgan fingerprint density at radius 2 is 1.84 bits per heavy atom. The Morgan fingerprint density at radius 1 is 1.12 bits per heavy atom. The number of fused-ring (bicyclic) bond motifs is 1. The molecule has 170 valence electrons. The minimum absolute atomic E-state index is 0.0124. The first-order chi connectivity index (χ1) is 15.0. The van der Waals surface area contributed by atoms with Gasteiger partial charge in [-0.2, -0.15) is 18.2 Å². The van der Waals surface area contributed by atoms with Gasteiger partial charge in [-0.3, -0.25) is 9.59 Å². The minimum atomic E-state index is -4.72. The molecule has 3 rings (SSSR count). The number of hydrogen-bond donors (Lipinski definition) is 1. The van der Waals surface area contributed by atoms with Crippen LogP contribution in [-0.2, 0) is 26.9 Å². The number of carbonyl (C=O) groups is 2. The normalized spacial score (nSPS) is 11.6. The Labute approximate surface area is 177 Å². The van der Waals surface area contributed by atoms with E-state index in [0.717, 1.165) is 22.7 Å². The van der Waals surface area contributed by atoms with Crippen LogP contribution < -0.4 is 5.32 Å². The second-order valence-corrected chi connectivity index (χ2v) is 6.74. The second-order valence-electron chi connectivity index (χ2n) is 6.74. The van der Waals surface area contributed by atoms with E-state index in [0.29, 0.717) is 17.0 Å². The molecule has 1 N–H and O–H groups in total. The summed E-state index contributed by atoms with van der Waals surface area (Å²) < 4.78 is 70.4. The highest BCUT2D eigenvalue weighted by Crippen LogP contribution is 2.27. The summed E-state index contributed by atoms with van der Waals surface area (Å²) in [5, 5.41) is 5.67. The molecule has 3 aromatic rings. The third kappa shape index (κ3) is 5.15. The average Bonchev–Trinajstić information content (AvgIpc) is 3.14. The molecule has 0 bridgehead atoms. The van der Waals surface area contributed by atoms with Crippen LogP contribution in [0.25, 0.3) is 5.78 Å². The van der Waals surface area contributed by atoms with Crippen molar-refractivity contribution in [2.24, 2.45) is 0 Å². The summed E-state index contributed by atoms with van der Waals surface area (Å²) >= 11 is 0. The molecular weight excluding hydrogens is 441 g/mol. The van der Waals surface area contributed by atoms with Crippen molar-refractivity contribution in [3.05, 3.63) is 52.6 Å². The number of halogens is 5. The maximum Gasteiger partial charge on any atom is 0.453 e. The number of anilines is 1. The number of benzene rings is 1. The van der Waals surface area contributed by atoms with Gasteiger partial charge in [-0.25, -0.2) is 18.3 Å². The van der Waals surface area contributed by atoms with Crippen molar-refractivity contribution in [3.8, 4) is 0 Å². The van der Waals surface area contributed by atoms with Gasteiger partial charge in [0.05, 0.1) is 0 Å². The molecule has 32 heavy (non-hydrogen) atoms. The van der Waals surface area contributed by atoms with Crippen LogP contribution in [0.2, 0.25) is 0 Å². The van der Waals surface area contributed by atoms with Crippen molar-refractivity contribution in [3.63, 3.8) is 0 Å². The van der Waals surface area contributed by atoms with Crippen LogP contribution in [0.4, 0.5) is 27.6 Å². The van der Waals surface area contributed by atoms with E-state index in [9.17, 15) is 31.5 Å². The van der Waals surface area contributed by atoms with Gasteiger partial charge in [0.15, 0.2) is 18.2 Å². The number of carbonyl (C=O) groups excluding carboxylic acids is 2. The molecule has 0 aliphatic rings. The van der Waals surface area contributed by atoms with Crippen molar-refractivity contribution in [2.45, 2.75) is 32.9 Å². The molecule has 0 fully saturated rings. The summed E-state index contributed by atoms with van der Waals surface area (Å²) in [6.45, 7) is 2.42. The topological polar surface area (TPSA) is 98.5 Å². The number of nitrogens with one attached hydrogen (secondary N) is 1. The monoisotopic (exact) mass is 457 g/mol. The van der Waals surface area contributed by atoms with Crippen molar-refractivity contribution in [1.29, 1.82) is 0 Å². The Balaban J connectivity index is 1.59. The van der Waals surface area contributed by atoms with Crippen LogP contribution in [0.15, 0.2) is 18.2 Å². The third-order valence-electron chi connectivity index (χ3n) is 4.45. The second kappa shape index (κ2) is 8.85. The number of aromatic nitrogens is 4. The molecule has 0 unspecified atom stereocenters.